The largest absolute Gasteiger partial charge is 0.381 e. The van der Waals surface area contributed by atoms with Crippen LogP contribution in [0.5, 0.6) is 0 Å². The maximum absolute atomic E-state index is 3.52. The van der Waals surface area contributed by atoms with Crippen molar-refractivity contribution in [2.45, 2.75) is 18.4 Å². The van der Waals surface area contributed by atoms with Gasteiger partial charge in [0.2, 0.25) is 0 Å². The first kappa shape index (κ1) is 8.60. The van der Waals surface area contributed by atoms with E-state index in [0.717, 1.165) is 11.0 Å². The summed E-state index contributed by atoms with van der Waals surface area (Å²) in [5.41, 5.74) is 3.00. The molecule has 1 aromatic carbocycles. The molecule has 3 rings (SSSR count). The van der Waals surface area contributed by atoms with E-state index in [-0.39, 0.29) is 0 Å². The van der Waals surface area contributed by atoms with Crippen molar-refractivity contribution in [1.82, 2.24) is 0 Å². The molecule has 0 saturated heterocycles. The van der Waals surface area contributed by atoms with E-state index in [1.54, 1.807) is 0 Å². The molecule has 1 fully saturated rings. The van der Waals surface area contributed by atoms with Crippen molar-refractivity contribution < 1.29 is 0 Å². The number of benzene rings is 1. The number of nitrogens with zero attached hydrogens (tertiary/aromatic N) is 1. The molecular formula is C11H13BrN2. The third-order valence-corrected chi connectivity index (χ3v) is 3.96. The Morgan fingerprint density at radius 3 is 2.93 bits per heavy atom. The zero-order chi connectivity index (χ0) is 9.76. The molecule has 2 aliphatic rings. The Kier molecular flexibility index (Phi) is 1.63. The summed E-state index contributed by atoms with van der Waals surface area (Å²) in [6, 6.07) is 6.43. The highest BCUT2D eigenvalue weighted by Gasteiger charge is 2.48. The number of likely N-dealkylation sites (N-methyl/N-ethyl adjacent to an activating group) is 1. The minimum Gasteiger partial charge on any atom is -0.381 e. The van der Waals surface area contributed by atoms with E-state index in [2.05, 4.69) is 51.4 Å². The molecule has 2 nitrogen and oxygen atoms in total. The zero-order valence-corrected chi connectivity index (χ0v) is 9.76. The molecule has 0 amide bonds. The lowest BCUT2D eigenvalue weighted by Crippen LogP contribution is -2.43. The molecule has 1 saturated carbocycles. The van der Waals surface area contributed by atoms with E-state index >= 15 is 0 Å². The van der Waals surface area contributed by atoms with Crippen molar-refractivity contribution in [2.75, 3.05) is 23.8 Å². The quantitative estimate of drug-likeness (QED) is 0.764. The van der Waals surface area contributed by atoms with Crippen LogP contribution >= 0.6 is 15.9 Å². The zero-order valence-electron chi connectivity index (χ0n) is 8.18. The topological polar surface area (TPSA) is 15.3 Å². The third-order valence-electron chi connectivity index (χ3n) is 3.47. The van der Waals surface area contributed by atoms with Crippen LogP contribution in [0.2, 0.25) is 0 Å². The summed E-state index contributed by atoms with van der Waals surface area (Å²) in [4.78, 5) is 2.43. The van der Waals surface area contributed by atoms with Crippen LogP contribution in [-0.4, -0.2) is 19.1 Å². The maximum atomic E-state index is 3.52. The smallest absolute Gasteiger partial charge is 0.0616 e. The molecule has 0 atom stereocenters. The summed E-state index contributed by atoms with van der Waals surface area (Å²) in [6.45, 7) is 1.10. The molecule has 1 aliphatic heterocycles. The van der Waals surface area contributed by atoms with E-state index in [9.17, 15) is 0 Å². The summed E-state index contributed by atoms with van der Waals surface area (Å²) in [5, 5.41) is 3.51. The van der Waals surface area contributed by atoms with Crippen LogP contribution in [0.25, 0.3) is 0 Å². The van der Waals surface area contributed by atoms with Gasteiger partial charge in [-0.15, -0.1) is 0 Å². The first-order chi connectivity index (χ1) is 6.71. The molecule has 0 aromatic heterocycles. The first-order valence-corrected chi connectivity index (χ1v) is 5.78. The molecule has 1 heterocycles. The molecule has 0 unspecified atom stereocenters. The molecular weight excluding hydrogens is 240 g/mol. The second kappa shape index (κ2) is 2.66. The lowest BCUT2D eigenvalue weighted by molar-refractivity contribution is 0.640. The Bertz CT molecular complexity index is 385. The number of hydrogen-bond donors (Lipinski definition) is 1. The van der Waals surface area contributed by atoms with Crippen molar-refractivity contribution in [1.29, 1.82) is 0 Å². The van der Waals surface area contributed by atoms with Gasteiger partial charge in [-0.25, -0.2) is 0 Å². The maximum Gasteiger partial charge on any atom is 0.0616 e. The summed E-state index contributed by atoms with van der Waals surface area (Å²) < 4.78 is 1.16. The van der Waals surface area contributed by atoms with Gasteiger partial charge in [-0.1, -0.05) is 15.9 Å². The fraction of sp³-hybridized carbons (Fsp3) is 0.455. The van der Waals surface area contributed by atoms with Crippen LogP contribution in [0.15, 0.2) is 22.7 Å². The van der Waals surface area contributed by atoms with Crippen LogP contribution in [-0.2, 0) is 0 Å². The van der Waals surface area contributed by atoms with Gasteiger partial charge in [0.05, 0.1) is 16.9 Å². The van der Waals surface area contributed by atoms with Crippen LogP contribution < -0.4 is 10.2 Å². The van der Waals surface area contributed by atoms with Gasteiger partial charge in [0.15, 0.2) is 0 Å². The Balaban J connectivity index is 2.09. The standard InChI is InChI=1S/C11H13BrN2/c1-14-10-6-8(12)2-3-9(10)13-7-11(14)4-5-11/h2-3,6,13H,4-5,7H2,1H3. The average Bonchev–Trinajstić information content (AvgIpc) is 2.94. The number of anilines is 2. The molecule has 3 heteroatoms. The molecule has 0 bridgehead atoms. The van der Waals surface area contributed by atoms with E-state index in [1.165, 1.54) is 24.2 Å². The minimum absolute atomic E-state index is 0.424. The predicted octanol–water partition coefficient (Wildman–Crippen LogP) is 2.84. The number of fused-ring (bicyclic) bond motifs is 1. The second-order valence-corrected chi connectivity index (χ2v) is 5.21. The Morgan fingerprint density at radius 1 is 1.43 bits per heavy atom. The van der Waals surface area contributed by atoms with Gasteiger partial charge in [0, 0.05) is 18.1 Å². The van der Waals surface area contributed by atoms with Crippen LogP contribution in [0.3, 0.4) is 0 Å². The lowest BCUT2D eigenvalue weighted by Gasteiger charge is -2.37. The van der Waals surface area contributed by atoms with E-state index < -0.39 is 0 Å². The lowest BCUT2D eigenvalue weighted by atomic mass is 10.1. The monoisotopic (exact) mass is 252 g/mol. The Labute approximate surface area is 92.4 Å². The van der Waals surface area contributed by atoms with Gasteiger partial charge in [0.1, 0.15) is 0 Å². The van der Waals surface area contributed by atoms with Crippen molar-refractivity contribution in [3.05, 3.63) is 22.7 Å². The van der Waals surface area contributed by atoms with Gasteiger partial charge < -0.3 is 10.2 Å². The summed E-state index contributed by atoms with van der Waals surface area (Å²) in [5.74, 6) is 0. The normalized spacial score (nSPS) is 21.7. The Morgan fingerprint density at radius 2 is 2.21 bits per heavy atom. The highest BCUT2D eigenvalue weighted by molar-refractivity contribution is 9.10. The predicted molar refractivity (Wildman–Crippen MR) is 63.0 cm³/mol. The van der Waals surface area contributed by atoms with E-state index in [4.69, 9.17) is 0 Å². The average molecular weight is 253 g/mol. The summed E-state index contributed by atoms with van der Waals surface area (Å²) >= 11 is 3.52. The van der Waals surface area contributed by atoms with E-state index in [1.807, 2.05) is 0 Å². The molecule has 1 N–H and O–H groups in total. The van der Waals surface area contributed by atoms with Crippen molar-refractivity contribution in [3.63, 3.8) is 0 Å². The van der Waals surface area contributed by atoms with Gasteiger partial charge in [-0.2, -0.15) is 0 Å². The van der Waals surface area contributed by atoms with Gasteiger partial charge >= 0.3 is 0 Å². The summed E-state index contributed by atoms with van der Waals surface area (Å²) in [6.07, 6.45) is 2.64. The fourth-order valence-electron chi connectivity index (χ4n) is 2.22. The molecule has 1 spiro atoms. The number of hydrogen-bond acceptors (Lipinski definition) is 2. The van der Waals surface area contributed by atoms with Crippen molar-refractivity contribution >= 4 is 27.3 Å². The highest BCUT2D eigenvalue weighted by Crippen LogP contribution is 2.48. The van der Waals surface area contributed by atoms with Crippen molar-refractivity contribution in [2.24, 2.45) is 0 Å². The van der Waals surface area contributed by atoms with Gasteiger partial charge in [-0.3, -0.25) is 0 Å². The summed E-state index contributed by atoms with van der Waals surface area (Å²) in [7, 11) is 2.21. The highest BCUT2D eigenvalue weighted by atomic mass is 79.9. The molecule has 1 aliphatic carbocycles. The Hall–Kier alpha value is -0.700. The minimum atomic E-state index is 0.424. The number of nitrogens with one attached hydrogen (secondary N) is 1. The second-order valence-electron chi connectivity index (χ2n) is 4.30. The molecule has 1 aromatic rings. The third kappa shape index (κ3) is 1.08. The molecule has 14 heavy (non-hydrogen) atoms. The fourth-order valence-corrected chi connectivity index (χ4v) is 2.57. The van der Waals surface area contributed by atoms with Crippen LogP contribution in [0.1, 0.15) is 12.8 Å². The van der Waals surface area contributed by atoms with Gasteiger partial charge in [0.25, 0.3) is 0 Å². The van der Waals surface area contributed by atoms with E-state index in [0.29, 0.717) is 5.54 Å². The van der Waals surface area contributed by atoms with Crippen LogP contribution in [0, 0.1) is 0 Å². The first-order valence-electron chi connectivity index (χ1n) is 4.99. The number of halogens is 1. The molecule has 0 radical (unpaired) electrons. The number of rotatable bonds is 0. The SMILES string of the molecule is CN1c2cc(Br)ccc2NCC12CC2. The van der Waals surface area contributed by atoms with Gasteiger partial charge in [-0.05, 0) is 31.0 Å². The van der Waals surface area contributed by atoms with Crippen LogP contribution in [0.4, 0.5) is 11.4 Å². The molecule has 74 valence electrons. The van der Waals surface area contributed by atoms with Crippen molar-refractivity contribution in [3.8, 4) is 0 Å².